The van der Waals surface area contributed by atoms with Gasteiger partial charge in [-0.2, -0.15) is 0 Å². The first-order valence-electron chi connectivity index (χ1n) is 8.53. The van der Waals surface area contributed by atoms with Crippen LogP contribution in [-0.4, -0.2) is 32.9 Å². The Kier molecular flexibility index (Phi) is 3.63. The third-order valence-electron chi connectivity index (χ3n) is 4.90. The van der Waals surface area contributed by atoms with Crippen molar-refractivity contribution in [1.82, 2.24) is 13.9 Å². The molecular weight excluding hydrogens is 302 g/mol. The summed E-state index contributed by atoms with van der Waals surface area (Å²) in [5, 5.41) is 0. The zero-order valence-electron chi connectivity index (χ0n) is 13.9. The molecule has 2 aromatic heterocycles. The molecule has 3 heterocycles. The summed E-state index contributed by atoms with van der Waals surface area (Å²) < 4.78 is 3.54. The number of benzene rings is 1. The predicted octanol–water partition coefficient (Wildman–Crippen LogP) is 2.58. The minimum atomic E-state index is -0.108. The fourth-order valence-corrected chi connectivity index (χ4v) is 3.60. The van der Waals surface area contributed by atoms with Crippen molar-refractivity contribution in [2.24, 2.45) is 0 Å². The van der Waals surface area contributed by atoms with Gasteiger partial charge >= 0.3 is 0 Å². The number of hydrogen-bond donors (Lipinski definition) is 0. The van der Waals surface area contributed by atoms with Gasteiger partial charge in [-0.05, 0) is 56.0 Å². The summed E-state index contributed by atoms with van der Waals surface area (Å²) in [6.07, 6.45) is 5.18. The van der Waals surface area contributed by atoms with Crippen LogP contribution in [-0.2, 0) is 11.3 Å². The molecule has 0 N–H and O–H groups in total. The summed E-state index contributed by atoms with van der Waals surface area (Å²) in [6.45, 7) is 3.72. The average Bonchev–Trinajstić information content (AvgIpc) is 3.09. The summed E-state index contributed by atoms with van der Waals surface area (Å²) in [5.74, 6) is 0.0375. The van der Waals surface area contributed by atoms with E-state index >= 15 is 0 Å². The Morgan fingerprint density at radius 1 is 1.04 bits per heavy atom. The molecule has 0 radical (unpaired) electrons. The van der Waals surface area contributed by atoms with Crippen LogP contribution >= 0.6 is 0 Å². The van der Waals surface area contributed by atoms with Gasteiger partial charge < -0.3 is 9.30 Å². The number of piperidine rings is 1. The van der Waals surface area contributed by atoms with E-state index in [0.29, 0.717) is 5.52 Å². The smallest absolute Gasteiger partial charge is 0.275 e. The number of rotatable bonds is 2. The summed E-state index contributed by atoms with van der Waals surface area (Å²) in [4.78, 5) is 27.5. The second-order valence-corrected chi connectivity index (χ2v) is 6.59. The third-order valence-corrected chi connectivity index (χ3v) is 4.90. The van der Waals surface area contributed by atoms with Gasteiger partial charge in [0.1, 0.15) is 12.1 Å². The van der Waals surface area contributed by atoms with Gasteiger partial charge in [-0.25, -0.2) is 0 Å². The lowest BCUT2D eigenvalue weighted by Crippen LogP contribution is -2.39. The molecule has 0 spiro atoms. The zero-order chi connectivity index (χ0) is 16.7. The van der Waals surface area contributed by atoms with Crippen molar-refractivity contribution in [3.05, 3.63) is 52.4 Å². The number of nitrogens with zero attached hydrogens (tertiary/aromatic N) is 3. The summed E-state index contributed by atoms with van der Waals surface area (Å²) >= 11 is 0. The van der Waals surface area contributed by atoms with Crippen LogP contribution in [0.1, 0.15) is 24.8 Å². The number of carbonyl (C=O) groups is 1. The van der Waals surface area contributed by atoms with E-state index in [2.05, 4.69) is 0 Å². The molecule has 3 aromatic rings. The summed E-state index contributed by atoms with van der Waals surface area (Å²) in [7, 11) is 0. The van der Waals surface area contributed by atoms with Crippen LogP contribution in [0.2, 0.25) is 0 Å². The fraction of sp³-hybridized carbons (Fsp3) is 0.368. The molecule has 1 fully saturated rings. The largest absolute Gasteiger partial charge is 0.341 e. The molecule has 1 aromatic carbocycles. The number of likely N-dealkylation sites (tertiary alicyclic amines) is 1. The SMILES string of the molecule is Cc1ccc2c(c1)n(CC(=O)N1CCCCC1)c(=O)c1cccn12. The van der Waals surface area contributed by atoms with E-state index in [1.165, 1.54) is 6.42 Å². The normalized spacial score (nSPS) is 15.3. The first-order chi connectivity index (χ1) is 11.6. The quantitative estimate of drug-likeness (QED) is 0.728. The Morgan fingerprint density at radius 3 is 2.62 bits per heavy atom. The van der Waals surface area contributed by atoms with E-state index in [9.17, 15) is 9.59 Å². The fourth-order valence-electron chi connectivity index (χ4n) is 3.60. The lowest BCUT2D eigenvalue weighted by atomic mass is 10.1. The highest BCUT2D eigenvalue weighted by Gasteiger charge is 2.19. The third kappa shape index (κ3) is 2.40. The molecule has 4 rings (SSSR count). The molecule has 124 valence electrons. The van der Waals surface area contributed by atoms with Crippen molar-refractivity contribution in [2.75, 3.05) is 13.1 Å². The lowest BCUT2D eigenvalue weighted by Gasteiger charge is -2.27. The molecule has 24 heavy (non-hydrogen) atoms. The van der Waals surface area contributed by atoms with Crippen molar-refractivity contribution in [3.63, 3.8) is 0 Å². The van der Waals surface area contributed by atoms with Gasteiger partial charge in [-0.1, -0.05) is 6.07 Å². The maximum Gasteiger partial charge on any atom is 0.275 e. The number of carbonyl (C=O) groups excluding carboxylic acids is 1. The van der Waals surface area contributed by atoms with Gasteiger partial charge in [0.15, 0.2) is 0 Å². The number of hydrogen-bond acceptors (Lipinski definition) is 2. The Hall–Kier alpha value is -2.56. The van der Waals surface area contributed by atoms with Crippen LogP contribution < -0.4 is 5.56 Å². The molecule has 1 saturated heterocycles. The molecule has 0 saturated carbocycles. The minimum absolute atomic E-state index is 0.0375. The Balaban J connectivity index is 1.85. The Morgan fingerprint density at radius 2 is 1.83 bits per heavy atom. The average molecular weight is 323 g/mol. The number of aromatic nitrogens is 2. The molecule has 1 aliphatic heterocycles. The minimum Gasteiger partial charge on any atom is -0.341 e. The number of aryl methyl sites for hydroxylation is 1. The van der Waals surface area contributed by atoms with Crippen molar-refractivity contribution in [3.8, 4) is 0 Å². The van der Waals surface area contributed by atoms with Gasteiger partial charge in [-0.15, -0.1) is 0 Å². The van der Waals surface area contributed by atoms with E-state index in [-0.39, 0.29) is 18.0 Å². The molecule has 5 heteroatoms. The highest BCUT2D eigenvalue weighted by Crippen LogP contribution is 2.18. The van der Waals surface area contributed by atoms with Crippen molar-refractivity contribution < 1.29 is 4.79 Å². The molecule has 5 nitrogen and oxygen atoms in total. The van der Waals surface area contributed by atoms with E-state index in [1.54, 1.807) is 4.57 Å². The first kappa shape index (κ1) is 15.0. The first-order valence-corrected chi connectivity index (χ1v) is 8.53. The Bertz CT molecular complexity index is 977. The summed E-state index contributed by atoms with van der Waals surface area (Å²) in [5.41, 5.74) is 3.34. The van der Waals surface area contributed by atoms with Crippen molar-refractivity contribution in [2.45, 2.75) is 32.7 Å². The van der Waals surface area contributed by atoms with E-state index in [0.717, 1.165) is 42.5 Å². The van der Waals surface area contributed by atoms with E-state index < -0.39 is 0 Å². The molecule has 1 aliphatic rings. The standard InChI is InChI=1S/C19H21N3O2/c1-14-7-8-15-17(12-14)22(19(24)16-6-5-11-21(15)16)13-18(23)20-9-3-2-4-10-20/h5-8,11-12H,2-4,9-10,13H2,1H3. The molecule has 0 bridgehead atoms. The van der Waals surface area contributed by atoms with Gasteiger partial charge in [0, 0.05) is 19.3 Å². The van der Waals surface area contributed by atoms with Gasteiger partial charge in [0.25, 0.3) is 5.56 Å². The molecule has 1 amide bonds. The van der Waals surface area contributed by atoms with Gasteiger partial charge in [-0.3, -0.25) is 14.2 Å². The number of fused-ring (bicyclic) bond motifs is 3. The van der Waals surface area contributed by atoms with Crippen LogP contribution in [0.25, 0.3) is 16.6 Å². The second kappa shape index (κ2) is 5.82. The monoisotopic (exact) mass is 323 g/mol. The van der Waals surface area contributed by atoms with Gasteiger partial charge in [0.05, 0.1) is 11.0 Å². The van der Waals surface area contributed by atoms with Crippen LogP contribution in [0.3, 0.4) is 0 Å². The highest BCUT2D eigenvalue weighted by molar-refractivity contribution is 5.83. The molecule has 0 atom stereocenters. The van der Waals surface area contributed by atoms with Crippen LogP contribution in [0, 0.1) is 6.92 Å². The molecule has 0 unspecified atom stereocenters. The van der Waals surface area contributed by atoms with Crippen LogP contribution in [0.4, 0.5) is 0 Å². The molecular formula is C19H21N3O2. The van der Waals surface area contributed by atoms with E-state index in [4.69, 9.17) is 0 Å². The zero-order valence-corrected chi connectivity index (χ0v) is 13.9. The van der Waals surface area contributed by atoms with Gasteiger partial charge in [0.2, 0.25) is 5.91 Å². The lowest BCUT2D eigenvalue weighted by molar-refractivity contribution is -0.132. The Labute approximate surface area is 140 Å². The van der Waals surface area contributed by atoms with E-state index in [1.807, 2.05) is 52.8 Å². The van der Waals surface area contributed by atoms with Crippen LogP contribution in [0.5, 0.6) is 0 Å². The van der Waals surface area contributed by atoms with Crippen molar-refractivity contribution >= 4 is 22.5 Å². The van der Waals surface area contributed by atoms with Crippen molar-refractivity contribution in [1.29, 1.82) is 0 Å². The molecule has 0 aliphatic carbocycles. The maximum absolute atomic E-state index is 12.9. The topological polar surface area (TPSA) is 46.7 Å². The predicted molar refractivity (Wildman–Crippen MR) is 94.3 cm³/mol. The van der Waals surface area contributed by atoms with Crippen LogP contribution in [0.15, 0.2) is 41.3 Å². The summed E-state index contributed by atoms with van der Waals surface area (Å²) in [6, 6.07) is 9.71. The second-order valence-electron chi connectivity index (χ2n) is 6.59. The highest BCUT2D eigenvalue weighted by atomic mass is 16.2. The number of amides is 1. The maximum atomic E-state index is 12.9.